The fourth-order valence-corrected chi connectivity index (χ4v) is 2.85. The van der Waals surface area contributed by atoms with E-state index in [-0.39, 0.29) is 5.91 Å². The van der Waals surface area contributed by atoms with E-state index in [1.807, 2.05) is 35.0 Å². The molecular weight excluding hydrogens is 308 g/mol. The summed E-state index contributed by atoms with van der Waals surface area (Å²) >= 11 is 5.19. The number of likely N-dealkylation sites (N-methyl/N-ethyl adjacent to an activating group) is 1. The highest BCUT2D eigenvalue weighted by Gasteiger charge is 2.12. The first-order valence-electron chi connectivity index (χ1n) is 7.95. The molecule has 1 heterocycles. The van der Waals surface area contributed by atoms with Crippen molar-refractivity contribution in [3.63, 3.8) is 0 Å². The first kappa shape index (κ1) is 17.4. The van der Waals surface area contributed by atoms with E-state index in [9.17, 15) is 4.79 Å². The molecule has 1 amide bonds. The molecule has 1 aromatic carbocycles. The molecular formula is C17H24N4OS. The van der Waals surface area contributed by atoms with Crippen LogP contribution in [-0.2, 0) is 0 Å². The van der Waals surface area contributed by atoms with Gasteiger partial charge in [-0.2, -0.15) is 0 Å². The van der Waals surface area contributed by atoms with Crippen LogP contribution in [0.15, 0.2) is 36.7 Å². The molecule has 0 saturated heterocycles. The quantitative estimate of drug-likeness (QED) is 0.767. The van der Waals surface area contributed by atoms with Gasteiger partial charge >= 0.3 is 0 Å². The number of carbonyl (C=O) groups is 1. The van der Waals surface area contributed by atoms with Gasteiger partial charge in [0.1, 0.15) is 0 Å². The Kier molecular flexibility index (Phi) is 6.12. The zero-order valence-corrected chi connectivity index (χ0v) is 14.7. The van der Waals surface area contributed by atoms with Gasteiger partial charge in [-0.15, -0.1) is 0 Å². The number of carbonyl (C=O) groups excluding carboxylic acids is 1. The molecule has 0 saturated carbocycles. The van der Waals surface area contributed by atoms with Crippen molar-refractivity contribution >= 4 is 18.1 Å². The SMILES string of the molecule is CCN(CC)C(C)CNC(=O)c1ccc(-n2cc[nH]c2=S)cc1. The van der Waals surface area contributed by atoms with Crippen molar-refractivity contribution in [1.29, 1.82) is 0 Å². The van der Waals surface area contributed by atoms with Crippen LogP contribution in [0.25, 0.3) is 5.69 Å². The number of rotatable bonds is 7. The first-order valence-corrected chi connectivity index (χ1v) is 8.36. The van der Waals surface area contributed by atoms with Gasteiger partial charge in [-0.3, -0.25) is 14.3 Å². The van der Waals surface area contributed by atoms with Crippen LogP contribution in [-0.4, -0.2) is 46.0 Å². The maximum absolute atomic E-state index is 12.2. The molecule has 1 aromatic heterocycles. The van der Waals surface area contributed by atoms with E-state index in [4.69, 9.17) is 12.2 Å². The van der Waals surface area contributed by atoms with Crippen molar-refractivity contribution in [2.45, 2.75) is 26.8 Å². The van der Waals surface area contributed by atoms with Crippen LogP contribution >= 0.6 is 12.2 Å². The standard InChI is InChI=1S/C17H24N4OS/c1-4-20(5-2)13(3)12-19-16(22)14-6-8-15(9-7-14)21-11-10-18-17(21)23/h6-11,13H,4-5,12H2,1-3H3,(H,18,23)(H,19,22). The van der Waals surface area contributed by atoms with Crippen LogP contribution in [0.1, 0.15) is 31.1 Å². The normalized spacial score (nSPS) is 12.3. The minimum atomic E-state index is -0.0479. The second-order valence-electron chi connectivity index (χ2n) is 5.46. The number of benzene rings is 1. The van der Waals surface area contributed by atoms with Gasteiger partial charge in [0.25, 0.3) is 5.91 Å². The fraction of sp³-hybridized carbons (Fsp3) is 0.412. The minimum Gasteiger partial charge on any atom is -0.350 e. The lowest BCUT2D eigenvalue weighted by molar-refractivity contribution is 0.0938. The summed E-state index contributed by atoms with van der Waals surface area (Å²) < 4.78 is 2.50. The van der Waals surface area contributed by atoms with Crippen molar-refractivity contribution < 1.29 is 4.79 Å². The second kappa shape index (κ2) is 8.08. The molecule has 2 aromatic rings. The van der Waals surface area contributed by atoms with Crippen LogP contribution < -0.4 is 5.32 Å². The monoisotopic (exact) mass is 332 g/mol. The number of nitrogens with one attached hydrogen (secondary N) is 2. The van der Waals surface area contributed by atoms with Gasteiger partial charge < -0.3 is 10.3 Å². The molecule has 6 heteroatoms. The van der Waals surface area contributed by atoms with Crippen LogP contribution in [0.5, 0.6) is 0 Å². The molecule has 23 heavy (non-hydrogen) atoms. The smallest absolute Gasteiger partial charge is 0.251 e. The highest BCUT2D eigenvalue weighted by molar-refractivity contribution is 7.71. The molecule has 1 unspecified atom stereocenters. The number of amides is 1. The van der Waals surface area contributed by atoms with Gasteiger partial charge in [0.2, 0.25) is 0 Å². The lowest BCUT2D eigenvalue weighted by Crippen LogP contribution is -2.42. The molecule has 0 aliphatic heterocycles. The molecule has 0 aliphatic carbocycles. The van der Waals surface area contributed by atoms with E-state index in [2.05, 4.69) is 36.0 Å². The Morgan fingerprint density at radius 2 is 1.96 bits per heavy atom. The average molecular weight is 332 g/mol. The highest BCUT2D eigenvalue weighted by atomic mass is 32.1. The Bertz CT molecular complexity index is 685. The van der Waals surface area contributed by atoms with Crippen LogP contribution in [0.3, 0.4) is 0 Å². The molecule has 124 valence electrons. The molecule has 0 aliphatic rings. The van der Waals surface area contributed by atoms with Crippen molar-refractivity contribution in [3.8, 4) is 5.69 Å². The van der Waals surface area contributed by atoms with Gasteiger partial charge in [-0.1, -0.05) is 13.8 Å². The predicted molar refractivity (Wildman–Crippen MR) is 95.7 cm³/mol. The number of hydrogen-bond donors (Lipinski definition) is 2. The Balaban J connectivity index is 1.98. The van der Waals surface area contributed by atoms with Gasteiger partial charge in [0.15, 0.2) is 4.77 Å². The van der Waals surface area contributed by atoms with Gasteiger partial charge in [0.05, 0.1) is 0 Å². The summed E-state index contributed by atoms with van der Waals surface area (Å²) in [4.78, 5) is 17.5. The van der Waals surface area contributed by atoms with Crippen LogP contribution in [0, 0.1) is 4.77 Å². The third kappa shape index (κ3) is 4.30. The Morgan fingerprint density at radius 3 is 2.48 bits per heavy atom. The van der Waals surface area contributed by atoms with E-state index >= 15 is 0 Å². The maximum Gasteiger partial charge on any atom is 0.251 e. The summed E-state index contributed by atoms with van der Waals surface area (Å²) in [6.45, 7) is 9.01. The predicted octanol–water partition coefficient (Wildman–Crippen LogP) is 2.99. The summed E-state index contributed by atoms with van der Waals surface area (Å²) in [5.41, 5.74) is 1.59. The Morgan fingerprint density at radius 1 is 1.30 bits per heavy atom. The summed E-state index contributed by atoms with van der Waals surface area (Å²) in [7, 11) is 0. The van der Waals surface area contributed by atoms with Crippen molar-refractivity contribution in [3.05, 3.63) is 47.0 Å². The van der Waals surface area contributed by atoms with Crippen molar-refractivity contribution in [2.75, 3.05) is 19.6 Å². The van der Waals surface area contributed by atoms with Gasteiger partial charge in [-0.25, -0.2) is 0 Å². The number of hydrogen-bond acceptors (Lipinski definition) is 3. The number of aromatic amines is 1. The molecule has 0 bridgehead atoms. The van der Waals surface area contributed by atoms with E-state index < -0.39 is 0 Å². The van der Waals surface area contributed by atoms with Crippen molar-refractivity contribution in [2.24, 2.45) is 0 Å². The average Bonchev–Trinajstić information content (AvgIpc) is 3.00. The third-order valence-electron chi connectivity index (χ3n) is 4.05. The van der Waals surface area contributed by atoms with Crippen LogP contribution in [0.2, 0.25) is 0 Å². The second-order valence-corrected chi connectivity index (χ2v) is 5.85. The molecule has 0 fully saturated rings. The third-order valence-corrected chi connectivity index (χ3v) is 4.37. The highest BCUT2D eigenvalue weighted by Crippen LogP contribution is 2.10. The summed E-state index contributed by atoms with van der Waals surface area (Å²) in [5.74, 6) is -0.0479. The minimum absolute atomic E-state index is 0.0479. The Labute approximate surface area is 142 Å². The van der Waals surface area contributed by atoms with E-state index in [1.165, 1.54) is 0 Å². The lowest BCUT2D eigenvalue weighted by atomic mass is 10.2. The number of H-pyrrole nitrogens is 1. The van der Waals surface area contributed by atoms with Crippen LogP contribution in [0.4, 0.5) is 0 Å². The van der Waals surface area contributed by atoms with E-state index in [1.54, 1.807) is 6.20 Å². The van der Waals surface area contributed by atoms with Gasteiger partial charge in [0, 0.05) is 36.2 Å². The molecule has 1 atom stereocenters. The van der Waals surface area contributed by atoms with E-state index in [0.717, 1.165) is 18.8 Å². The maximum atomic E-state index is 12.2. The topological polar surface area (TPSA) is 53.1 Å². The number of nitrogens with zero attached hydrogens (tertiary/aromatic N) is 2. The molecule has 0 spiro atoms. The molecule has 2 rings (SSSR count). The van der Waals surface area contributed by atoms with Gasteiger partial charge in [-0.05, 0) is 56.5 Å². The zero-order chi connectivity index (χ0) is 16.8. The fourth-order valence-electron chi connectivity index (χ4n) is 2.62. The van der Waals surface area contributed by atoms with E-state index in [0.29, 0.717) is 22.9 Å². The lowest BCUT2D eigenvalue weighted by Gasteiger charge is -2.26. The molecule has 2 N–H and O–H groups in total. The largest absolute Gasteiger partial charge is 0.350 e. The van der Waals surface area contributed by atoms with Crippen molar-refractivity contribution in [1.82, 2.24) is 19.8 Å². The molecule has 5 nitrogen and oxygen atoms in total. The molecule has 0 radical (unpaired) electrons. The zero-order valence-electron chi connectivity index (χ0n) is 13.9. The number of imidazole rings is 1. The Hall–Kier alpha value is -1.92. The summed E-state index contributed by atoms with van der Waals surface area (Å²) in [6.07, 6.45) is 3.65. The number of aromatic nitrogens is 2. The summed E-state index contributed by atoms with van der Waals surface area (Å²) in [6, 6.07) is 7.76. The first-order chi connectivity index (χ1) is 11.1. The summed E-state index contributed by atoms with van der Waals surface area (Å²) in [5, 5.41) is 3.00.